The zero-order valence-electron chi connectivity index (χ0n) is 16.4. The van der Waals surface area contributed by atoms with Crippen molar-refractivity contribution in [3.8, 4) is 0 Å². The van der Waals surface area contributed by atoms with E-state index in [0.29, 0.717) is 6.54 Å². The van der Waals surface area contributed by atoms with Gasteiger partial charge in [-0.25, -0.2) is 0 Å². The van der Waals surface area contributed by atoms with Gasteiger partial charge >= 0.3 is 0 Å². The smallest absolute Gasteiger partial charge is 0.254 e. The number of rotatable bonds is 7. The topological polar surface area (TPSA) is 25.2 Å². The predicted octanol–water partition coefficient (Wildman–Crippen LogP) is 5.15. The molecule has 27 heavy (non-hydrogen) atoms. The number of benzene rings is 2. The fourth-order valence-electron chi connectivity index (χ4n) is 3.24. The van der Waals surface area contributed by atoms with Gasteiger partial charge in [-0.3, -0.25) is 4.79 Å². The Morgan fingerprint density at radius 2 is 1.63 bits per heavy atom. The van der Waals surface area contributed by atoms with Crippen molar-refractivity contribution in [1.82, 2.24) is 9.47 Å². The number of nitrogens with zero attached hydrogens (tertiary/aromatic N) is 2. The second-order valence-corrected chi connectivity index (χ2v) is 7.19. The third-order valence-corrected chi connectivity index (χ3v) is 4.94. The third-order valence-electron chi connectivity index (χ3n) is 4.94. The number of aryl methyl sites for hydroxylation is 1. The number of aromatic nitrogens is 1. The summed E-state index contributed by atoms with van der Waals surface area (Å²) in [6.45, 7) is 7.68. The summed E-state index contributed by atoms with van der Waals surface area (Å²) in [6, 6.07) is 22.7. The Kier molecular flexibility index (Phi) is 6.12. The van der Waals surface area contributed by atoms with E-state index in [1.807, 2.05) is 35.2 Å². The molecule has 0 unspecified atom stereocenters. The standard InChI is InChI=1S/C24H28N2O/c1-4-20-12-14-22(15-13-20)24(27)26(19(2)3)18-23-11-8-16-25(23)17-21-9-6-5-7-10-21/h5-16,19H,4,17-18H2,1-3H3. The van der Waals surface area contributed by atoms with Gasteiger partial charge in [-0.2, -0.15) is 0 Å². The highest BCUT2D eigenvalue weighted by atomic mass is 16.2. The van der Waals surface area contributed by atoms with Crippen molar-refractivity contribution in [2.45, 2.75) is 46.3 Å². The summed E-state index contributed by atoms with van der Waals surface area (Å²) in [4.78, 5) is 15.0. The lowest BCUT2D eigenvalue weighted by atomic mass is 10.1. The minimum atomic E-state index is 0.0834. The summed E-state index contributed by atoms with van der Waals surface area (Å²) in [5, 5.41) is 0. The van der Waals surface area contributed by atoms with Crippen LogP contribution in [0, 0.1) is 0 Å². The van der Waals surface area contributed by atoms with Crippen molar-refractivity contribution in [2.75, 3.05) is 0 Å². The van der Waals surface area contributed by atoms with E-state index in [1.54, 1.807) is 0 Å². The van der Waals surface area contributed by atoms with Crippen LogP contribution in [0.3, 0.4) is 0 Å². The van der Waals surface area contributed by atoms with Crippen LogP contribution in [0.15, 0.2) is 72.9 Å². The molecule has 0 aliphatic heterocycles. The monoisotopic (exact) mass is 360 g/mol. The lowest BCUT2D eigenvalue weighted by molar-refractivity contribution is 0.0686. The van der Waals surface area contributed by atoms with Gasteiger partial charge in [0.1, 0.15) is 0 Å². The van der Waals surface area contributed by atoms with Crippen LogP contribution in [-0.4, -0.2) is 21.4 Å². The summed E-state index contributed by atoms with van der Waals surface area (Å²) >= 11 is 0. The Balaban J connectivity index is 1.79. The zero-order valence-corrected chi connectivity index (χ0v) is 16.4. The summed E-state index contributed by atoms with van der Waals surface area (Å²) in [6.07, 6.45) is 3.07. The van der Waals surface area contributed by atoms with E-state index in [-0.39, 0.29) is 11.9 Å². The molecule has 0 fully saturated rings. The summed E-state index contributed by atoms with van der Waals surface area (Å²) in [5.74, 6) is 0.0834. The Labute approximate surface area is 162 Å². The Hall–Kier alpha value is -2.81. The van der Waals surface area contributed by atoms with Crippen LogP contribution < -0.4 is 0 Å². The van der Waals surface area contributed by atoms with Crippen LogP contribution in [0.2, 0.25) is 0 Å². The fourth-order valence-corrected chi connectivity index (χ4v) is 3.24. The molecule has 0 N–H and O–H groups in total. The first-order valence-electron chi connectivity index (χ1n) is 9.66. The van der Waals surface area contributed by atoms with Crippen LogP contribution in [0.1, 0.15) is 48.0 Å². The third kappa shape index (κ3) is 4.68. The maximum absolute atomic E-state index is 13.1. The molecule has 1 heterocycles. The summed E-state index contributed by atoms with van der Waals surface area (Å²) in [5.41, 5.74) is 4.40. The molecule has 0 spiro atoms. The van der Waals surface area contributed by atoms with E-state index in [2.05, 4.69) is 67.9 Å². The molecule has 0 aliphatic carbocycles. The van der Waals surface area contributed by atoms with Gasteiger partial charge in [0.05, 0.1) is 6.54 Å². The first-order chi connectivity index (χ1) is 13.1. The second kappa shape index (κ2) is 8.72. The van der Waals surface area contributed by atoms with Gasteiger partial charge in [-0.1, -0.05) is 49.4 Å². The molecule has 2 aromatic carbocycles. The molecule has 3 rings (SSSR count). The van der Waals surface area contributed by atoms with E-state index in [1.165, 1.54) is 11.1 Å². The molecule has 3 aromatic rings. The second-order valence-electron chi connectivity index (χ2n) is 7.19. The largest absolute Gasteiger partial charge is 0.345 e. The average Bonchev–Trinajstić information content (AvgIpc) is 3.13. The molecule has 0 bridgehead atoms. The van der Waals surface area contributed by atoms with Gasteiger partial charge in [-0.15, -0.1) is 0 Å². The minimum absolute atomic E-state index is 0.0834. The molecule has 3 nitrogen and oxygen atoms in total. The fraction of sp³-hybridized carbons (Fsp3) is 0.292. The molecular weight excluding hydrogens is 332 g/mol. The average molecular weight is 361 g/mol. The summed E-state index contributed by atoms with van der Waals surface area (Å²) in [7, 11) is 0. The highest BCUT2D eigenvalue weighted by Crippen LogP contribution is 2.16. The van der Waals surface area contributed by atoms with E-state index in [0.717, 1.165) is 24.2 Å². The van der Waals surface area contributed by atoms with Crippen molar-refractivity contribution in [1.29, 1.82) is 0 Å². The Bertz CT molecular complexity index is 863. The number of hydrogen-bond acceptors (Lipinski definition) is 1. The Morgan fingerprint density at radius 3 is 2.26 bits per heavy atom. The maximum Gasteiger partial charge on any atom is 0.254 e. The molecule has 0 saturated carbocycles. The van der Waals surface area contributed by atoms with Crippen LogP contribution >= 0.6 is 0 Å². The molecule has 1 amide bonds. The Morgan fingerprint density at radius 1 is 0.926 bits per heavy atom. The van der Waals surface area contributed by atoms with Crippen LogP contribution in [0.5, 0.6) is 0 Å². The first-order valence-corrected chi connectivity index (χ1v) is 9.66. The number of amides is 1. The lowest BCUT2D eigenvalue weighted by Crippen LogP contribution is -2.37. The quantitative estimate of drug-likeness (QED) is 0.572. The van der Waals surface area contributed by atoms with E-state index < -0.39 is 0 Å². The highest BCUT2D eigenvalue weighted by Gasteiger charge is 2.20. The lowest BCUT2D eigenvalue weighted by Gasteiger charge is -2.27. The molecule has 0 atom stereocenters. The van der Waals surface area contributed by atoms with Crippen LogP contribution in [0.4, 0.5) is 0 Å². The predicted molar refractivity (Wildman–Crippen MR) is 111 cm³/mol. The van der Waals surface area contributed by atoms with Crippen LogP contribution in [-0.2, 0) is 19.5 Å². The van der Waals surface area contributed by atoms with Crippen molar-refractivity contribution in [3.05, 3.63) is 95.3 Å². The molecule has 0 saturated heterocycles. The molecule has 0 aliphatic rings. The van der Waals surface area contributed by atoms with Crippen LogP contribution in [0.25, 0.3) is 0 Å². The van der Waals surface area contributed by atoms with Crippen molar-refractivity contribution in [3.63, 3.8) is 0 Å². The van der Waals surface area contributed by atoms with E-state index in [9.17, 15) is 4.79 Å². The van der Waals surface area contributed by atoms with E-state index >= 15 is 0 Å². The highest BCUT2D eigenvalue weighted by molar-refractivity contribution is 5.94. The molecule has 1 aromatic heterocycles. The molecule has 140 valence electrons. The van der Waals surface area contributed by atoms with Gasteiger partial charge in [0.15, 0.2) is 0 Å². The minimum Gasteiger partial charge on any atom is -0.345 e. The van der Waals surface area contributed by atoms with Gasteiger partial charge in [0.25, 0.3) is 5.91 Å². The van der Waals surface area contributed by atoms with Gasteiger partial charge in [0, 0.05) is 30.0 Å². The van der Waals surface area contributed by atoms with Gasteiger partial charge in [0.2, 0.25) is 0 Å². The number of carbonyl (C=O) groups excluding carboxylic acids is 1. The van der Waals surface area contributed by atoms with Crippen molar-refractivity contribution < 1.29 is 4.79 Å². The maximum atomic E-state index is 13.1. The molecule has 0 radical (unpaired) electrons. The van der Waals surface area contributed by atoms with Gasteiger partial charge in [-0.05, 0) is 55.7 Å². The van der Waals surface area contributed by atoms with Crippen molar-refractivity contribution >= 4 is 5.91 Å². The van der Waals surface area contributed by atoms with E-state index in [4.69, 9.17) is 0 Å². The summed E-state index contributed by atoms with van der Waals surface area (Å²) < 4.78 is 2.22. The number of hydrogen-bond donors (Lipinski definition) is 0. The number of carbonyl (C=O) groups is 1. The zero-order chi connectivity index (χ0) is 19.2. The molecular formula is C24H28N2O. The van der Waals surface area contributed by atoms with Gasteiger partial charge < -0.3 is 9.47 Å². The first kappa shape index (κ1) is 19.0. The molecule has 3 heteroatoms. The SMILES string of the molecule is CCc1ccc(C(=O)N(Cc2cccn2Cc2ccccc2)C(C)C)cc1. The normalized spacial score (nSPS) is 11.0. The van der Waals surface area contributed by atoms with Crippen molar-refractivity contribution in [2.24, 2.45) is 0 Å².